The summed E-state index contributed by atoms with van der Waals surface area (Å²) in [6.45, 7) is 3.92. The summed E-state index contributed by atoms with van der Waals surface area (Å²) in [5, 5.41) is 11.3. The topological polar surface area (TPSA) is 20.2 Å². The maximum absolute atomic E-state index is 10.2. The van der Waals surface area contributed by atoms with Crippen molar-refractivity contribution in [2.75, 3.05) is 0 Å². The van der Waals surface area contributed by atoms with E-state index in [2.05, 4.69) is 18.8 Å². The molecular formula is C16H20Cl2O. The van der Waals surface area contributed by atoms with Gasteiger partial charge in [0, 0.05) is 15.6 Å². The minimum Gasteiger partial charge on any atom is -0.378 e. The van der Waals surface area contributed by atoms with E-state index >= 15 is 0 Å². The van der Waals surface area contributed by atoms with Crippen molar-refractivity contribution in [3.05, 3.63) is 33.8 Å². The third kappa shape index (κ3) is 6.87. The molecule has 0 aromatic heterocycles. The van der Waals surface area contributed by atoms with E-state index in [1.165, 1.54) is 12.8 Å². The lowest BCUT2D eigenvalue weighted by atomic mass is 9.98. The van der Waals surface area contributed by atoms with Gasteiger partial charge in [0.2, 0.25) is 0 Å². The van der Waals surface area contributed by atoms with Gasteiger partial charge >= 0.3 is 0 Å². The highest BCUT2D eigenvalue weighted by Crippen LogP contribution is 2.19. The van der Waals surface area contributed by atoms with Crippen LogP contribution in [0.3, 0.4) is 0 Å². The van der Waals surface area contributed by atoms with Gasteiger partial charge in [0.15, 0.2) is 0 Å². The maximum Gasteiger partial charge on any atom is 0.123 e. The molecular weight excluding hydrogens is 279 g/mol. The summed E-state index contributed by atoms with van der Waals surface area (Å²) in [6, 6.07) is 5.15. The first-order valence-electron chi connectivity index (χ1n) is 6.64. The third-order valence-corrected chi connectivity index (χ3v) is 3.29. The summed E-state index contributed by atoms with van der Waals surface area (Å²) in [7, 11) is 0. The van der Waals surface area contributed by atoms with Crippen molar-refractivity contribution in [1.82, 2.24) is 0 Å². The Hall–Kier alpha value is -0.680. The van der Waals surface area contributed by atoms with E-state index in [4.69, 9.17) is 23.2 Å². The molecule has 1 unspecified atom stereocenters. The molecule has 0 fully saturated rings. The van der Waals surface area contributed by atoms with Crippen LogP contribution in [0.15, 0.2) is 18.2 Å². The highest BCUT2D eigenvalue weighted by Gasteiger charge is 2.15. The van der Waals surface area contributed by atoms with Crippen LogP contribution < -0.4 is 0 Å². The highest BCUT2D eigenvalue weighted by molar-refractivity contribution is 6.34. The van der Waals surface area contributed by atoms with Crippen molar-refractivity contribution in [3.63, 3.8) is 0 Å². The lowest BCUT2D eigenvalue weighted by Gasteiger charge is -2.15. The Bertz CT molecular complexity index is 449. The first-order chi connectivity index (χ1) is 8.93. The lowest BCUT2D eigenvalue weighted by Crippen LogP contribution is -2.21. The van der Waals surface area contributed by atoms with Crippen LogP contribution in [0.25, 0.3) is 0 Å². The van der Waals surface area contributed by atoms with Gasteiger partial charge in [-0.2, -0.15) is 0 Å². The fraction of sp³-hybridized carbons (Fsp3) is 0.500. The molecule has 0 radical (unpaired) electrons. The molecule has 0 bridgehead atoms. The molecule has 3 heteroatoms. The fourth-order valence-electron chi connectivity index (χ4n) is 1.79. The van der Waals surface area contributed by atoms with Crippen molar-refractivity contribution in [1.29, 1.82) is 0 Å². The molecule has 0 aliphatic heterocycles. The average molecular weight is 299 g/mol. The summed E-state index contributed by atoms with van der Waals surface area (Å²) >= 11 is 11.8. The van der Waals surface area contributed by atoms with E-state index < -0.39 is 5.60 Å². The zero-order valence-corrected chi connectivity index (χ0v) is 13.0. The molecule has 19 heavy (non-hydrogen) atoms. The largest absolute Gasteiger partial charge is 0.378 e. The monoisotopic (exact) mass is 298 g/mol. The van der Waals surface area contributed by atoms with Crippen molar-refractivity contribution in [2.45, 2.75) is 51.6 Å². The minimum atomic E-state index is -0.956. The molecule has 1 aromatic rings. The van der Waals surface area contributed by atoms with E-state index in [-0.39, 0.29) is 0 Å². The van der Waals surface area contributed by atoms with Crippen LogP contribution in [0.1, 0.15) is 51.5 Å². The molecule has 1 rings (SSSR count). The Labute approximate surface area is 125 Å². The van der Waals surface area contributed by atoms with E-state index in [0.717, 1.165) is 18.4 Å². The van der Waals surface area contributed by atoms with Gasteiger partial charge in [-0.15, -0.1) is 0 Å². The molecule has 1 aromatic carbocycles. The molecule has 0 amide bonds. The lowest BCUT2D eigenvalue weighted by molar-refractivity contribution is 0.109. The second kappa shape index (κ2) is 7.80. The molecule has 0 heterocycles. The fourth-order valence-corrected chi connectivity index (χ4v) is 2.32. The van der Waals surface area contributed by atoms with Gasteiger partial charge in [-0.3, -0.25) is 0 Å². The van der Waals surface area contributed by atoms with Crippen LogP contribution in [0.2, 0.25) is 10.0 Å². The number of rotatable bonds is 5. The van der Waals surface area contributed by atoms with Gasteiger partial charge in [0.1, 0.15) is 5.60 Å². The zero-order chi connectivity index (χ0) is 14.3. The minimum absolute atomic E-state index is 0.555. The smallest absolute Gasteiger partial charge is 0.123 e. The summed E-state index contributed by atoms with van der Waals surface area (Å²) in [6.07, 6.45) is 5.21. The standard InChI is InChI=1S/C16H20Cl2O/c1-3-4-5-6-8-16(2,19)9-7-13-10-14(17)12-15(18)11-13/h10-12,19H,3-6,8H2,1-2H3. The van der Waals surface area contributed by atoms with Crippen LogP contribution in [0, 0.1) is 11.8 Å². The van der Waals surface area contributed by atoms with Crippen LogP contribution in [0.4, 0.5) is 0 Å². The molecule has 1 N–H and O–H groups in total. The number of hydrogen-bond donors (Lipinski definition) is 1. The van der Waals surface area contributed by atoms with Gasteiger partial charge in [0.25, 0.3) is 0 Å². The van der Waals surface area contributed by atoms with Gasteiger partial charge in [0.05, 0.1) is 0 Å². The molecule has 0 saturated carbocycles. The van der Waals surface area contributed by atoms with Crippen LogP contribution in [-0.2, 0) is 0 Å². The van der Waals surface area contributed by atoms with E-state index in [0.29, 0.717) is 16.5 Å². The molecule has 1 nitrogen and oxygen atoms in total. The van der Waals surface area contributed by atoms with Gasteiger partial charge in [-0.1, -0.05) is 61.2 Å². The predicted molar refractivity (Wildman–Crippen MR) is 82.7 cm³/mol. The Morgan fingerprint density at radius 3 is 2.32 bits per heavy atom. The van der Waals surface area contributed by atoms with Gasteiger partial charge in [-0.05, 0) is 38.0 Å². The van der Waals surface area contributed by atoms with Crippen LogP contribution in [0.5, 0.6) is 0 Å². The summed E-state index contributed by atoms with van der Waals surface area (Å²) in [5.74, 6) is 5.83. The van der Waals surface area contributed by atoms with E-state index in [1.807, 2.05) is 0 Å². The number of unbranched alkanes of at least 4 members (excludes halogenated alkanes) is 3. The maximum atomic E-state index is 10.2. The van der Waals surface area contributed by atoms with Crippen molar-refractivity contribution in [2.24, 2.45) is 0 Å². The van der Waals surface area contributed by atoms with Crippen molar-refractivity contribution < 1.29 is 5.11 Å². The zero-order valence-electron chi connectivity index (χ0n) is 11.5. The summed E-state index contributed by atoms with van der Waals surface area (Å²) in [5.41, 5.74) is -0.228. The Morgan fingerprint density at radius 2 is 1.74 bits per heavy atom. The van der Waals surface area contributed by atoms with Crippen LogP contribution >= 0.6 is 23.2 Å². The molecule has 0 saturated heterocycles. The van der Waals surface area contributed by atoms with Crippen molar-refractivity contribution in [3.8, 4) is 11.8 Å². The molecule has 0 spiro atoms. The second-order valence-corrected chi connectivity index (χ2v) is 5.87. The number of aliphatic hydroxyl groups is 1. The summed E-state index contributed by atoms with van der Waals surface area (Å²) in [4.78, 5) is 0. The van der Waals surface area contributed by atoms with Crippen molar-refractivity contribution >= 4 is 23.2 Å². The molecule has 0 aliphatic rings. The third-order valence-electron chi connectivity index (χ3n) is 2.86. The normalized spacial score (nSPS) is 13.5. The Balaban J connectivity index is 2.64. The van der Waals surface area contributed by atoms with Gasteiger partial charge in [-0.25, -0.2) is 0 Å². The number of benzene rings is 1. The predicted octanol–water partition coefficient (Wildman–Crippen LogP) is 5.07. The Kier molecular flexibility index (Phi) is 6.72. The Morgan fingerprint density at radius 1 is 1.11 bits per heavy atom. The summed E-state index contributed by atoms with van der Waals surface area (Å²) < 4.78 is 0. The second-order valence-electron chi connectivity index (χ2n) is 4.99. The van der Waals surface area contributed by atoms with Gasteiger partial charge < -0.3 is 5.11 Å². The first kappa shape index (κ1) is 16.4. The van der Waals surface area contributed by atoms with E-state index in [9.17, 15) is 5.11 Å². The molecule has 1 atom stereocenters. The average Bonchev–Trinajstić information content (AvgIpc) is 2.31. The van der Waals surface area contributed by atoms with Crippen LogP contribution in [-0.4, -0.2) is 10.7 Å². The quantitative estimate of drug-likeness (QED) is 0.594. The van der Waals surface area contributed by atoms with E-state index in [1.54, 1.807) is 25.1 Å². The number of hydrogen-bond acceptors (Lipinski definition) is 1. The first-order valence-corrected chi connectivity index (χ1v) is 7.40. The molecule has 104 valence electrons. The SMILES string of the molecule is CCCCCCC(C)(O)C#Cc1cc(Cl)cc(Cl)c1. The molecule has 0 aliphatic carbocycles. The number of halogens is 2. The highest BCUT2D eigenvalue weighted by atomic mass is 35.5.